The Morgan fingerprint density at radius 2 is 2.14 bits per heavy atom. The minimum Gasteiger partial charge on any atom is -0.341 e. The first-order valence-corrected chi connectivity index (χ1v) is 7.70. The molecule has 2 aliphatic rings. The van der Waals surface area contributed by atoms with E-state index in [2.05, 4.69) is 16.1 Å². The van der Waals surface area contributed by atoms with Crippen molar-refractivity contribution in [2.45, 2.75) is 31.7 Å². The molecule has 21 heavy (non-hydrogen) atoms. The largest absolute Gasteiger partial charge is 0.341 e. The highest BCUT2D eigenvalue weighted by molar-refractivity contribution is 5.76. The number of hydrogen-bond donors (Lipinski definition) is 0. The molecule has 2 aliphatic heterocycles. The maximum atomic E-state index is 11.9. The fraction of sp³-hybridized carbons (Fsp3) is 0.667. The summed E-state index contributed by atoms with van der Waals surface area (Å²) in [5.41, 5.74) is 0.614. The van der Waals surface area contributed by atoms with E-state index >= 15 is 0 Å². The molecule has 1 aromatic heterocycles. The first-order valence-electron chi connectivity index (χ1n) is 7.70. The van der Waals surface area contributed by atoms with Gasteiger partial charge < -0.3 is 4.90 Å². The third kappa shape index (κ3) is 3.24. The van der Waals surface area contributed by atoms with Crippen molar-refractivity contribution >= 4 is 5.91 Å². The van der Waals surface area contributed by atoms with Crippen LogP contribution in [0.15, 0.2) is 12.4 Å². The lowest BCUT2D eigenvalue weighted by molar-refractivity contribution is -0.131. The average molecular weight is 287 g/mol. The molecule has 6 nitrogen and oxygen atoms in total. The number of nitrogens with zero attached hydrogens (tertiary/aromatic N) is 5. The second-order valence-corrected chi connectivity index (χ2v) is 5.93. The second kappa shape index (κ2) is 6.27. The van der Waals surface area contributed by atoms with Crippen molar-refractivity contribution in [3.8, 4) is 6.07 Å². The molecule has 3 heterocycles. The highest BCUT2D eigenvalue weighted by Gasteiger charge is 2.29. The fourth-order valence-electron chi connectivity index (χ4n) is 3.03. The van der Waals surface area contributed by atoms with E-state index in [9.17, 15) is 4.79 Å². The maximum absolute atomic E-state index is 11.9. The Morgan fingerprint density at radius 1 is 1.29 bits per heavy atom. The lowest BCUT2D eigenvalue weighted by Gasteiger charge is -2.40. The summed E-state index contributed by atoms with van der Waals surface area (Å²) in [5.74, 6) is 0.315. The predicted molar refractivity (Wildman–Crippen MR) is 77.5 cm³/mol. The zero-order valence-electron chi connectivity index (χ0n) is 12.2. The Morgan fingerprint density at radius 3 is 2.90 bits per heavy atom. The summed E-state index contributed by atoms with van der Waals surface area (Å²) in [5, 5.41) is 13.0. The van der Waals surface area contributed by atoms with Crippen molar-refractivity contribution in [1.29, 1.82) is 5.26 Å². The van der Waals surface area contributed by atoms with E-state index in [-0.39, 0.29) is 0 Å². The lowest BCUT2D eigenvalue weighted by atomic mass is 10.1. The molecule has 0 saturated carbocycles. The summed E-state index contributed by atoms with van der Waals surface area (Å²) in [6.07, 6.45) is 7.49. The van der Waals surface area contributed by atoms with Gasteiger partial charge in [0.05, 0.1) is 17.8 Å². The topological polar surface area (TPSA) is 65.2 Å². The standard InChI is InChI=1S/C15H21N5O/c16-8-13-9-17-20(10-13)14-11-18(12-14)6-7-19-5-3-1-2-4-15(19)21/h9-10,14H,1-7,11-12H2. The summed E-state index contributed by atoms with van der Waals surface area (Å²) < 4.78 is 1.88. The number of likely N-dealkylation sites (tertiary alicyclic amines) is 2. The molecule has 0 aromatic carbocycles. The summed E-state index contributed by atoms with van der Waals surface area (Å²) in [6.45, 7) is 4.60. The molecule has 0 bridgehead atoms. The highest BCUT2D eigenvalue weighted by Crippen LogP contribution is 2.20. The number of nitriles is 1. The smallest absolute Gasteiger partial charge is 0.222 e. The molecule has 2 fully saturated rings. The van der Waals surface area contributed by atoms with Crippen LogP contribution in [0.3, 0.4) is 0 Å². The Labute approximate surface area is 124 Å². The molecule has 3 rings (SSSR count). The van der Waals surface area contributed by atoms with Crippen LogP contribution in [0.2, 0.25) is 0 Å². The zero-order chi connectivity index (χ0) is 14.7. The van der Waals surface area contributed by atoms with Gasteiger partial charge in [-0.25, -0.2) is 0 Å². The van der Waals surface area contributed by atoms with Crippen LogP contribution in [0.4, 0.5) is 0 Å². The second-order valence-electron chi connectivity index (χ2n) is 5.93. The first kappa shape index (κ1) is 14.1. The van der Waals surface area contributed by atoms with Crippen LogP contribution in [-0.2, 0) is 4.79 Å². The minimum atomic E-state index is 0.315. The van der Waals surface area contributed by atoms with Crippen LogP contribution in [0, 0.1) is 11.3 Å². The van der Waals surface area contributed by atoms with E-state index in [1.165, 1.54) is 6.42 Å². The van der Waals surface area contributed by atoms with E-state index in [0.717, 1.165) is 45.6 Å². The van der Waals surface area contributed by atoms with Crippen LogP contribution < -0.4 is 0 Å². The zero-order valence-corrected chi connectivity index (χ0v) is 12.2. The third-order valence-electron chi connectivity index (χ3n) is 4.40. The van der Waals surface area contributed by atoms with Crippen molar-refractivity contribution in [2.75, 3.05) is 32.7 Å². The summed E-state index contributed by atoms with van der Waals surface area (Å²) in [6, 6.07) is 2.47. The maximum Gasteiger partial charge on any atom is 0.222 e. The molecule has 1 aromatic rings. The third-order valence-corrected chi connectivity index (χ3v) is 4.40. The molecule has 0 N–H and O–H groups in total. The number of carbonyl (C=O) groups is 1. The predicted octanol–water partition coefficient (Wildman–Crippen LogP) is 1.01. The Balaban J connectivity index is 1.42. The molecule has 0 spiro atoms. The molecule has 0 aliphatic carbocycles. The number of amides is 1. The number of hydrogen-bond acceptors (Lipinski definition) is 4. The van der Waals surface area contributed by atoms with Crippen LogP contribution in [0.25, 0.3) is 0 Å². The van der Waals surface area contributed by atoms with E-state index in [0.29, 0.717) is 23.9 Å². The van der Waals surface area contributed by atoms with Gasteiger partial charge in [0.1, 0.15) is 6.07 Å². The summed E-state index contributed by atoms with van der Waals surface area (Å²) >= 11 is 0. The van der Waals surface area contributed by atoms with Gasteiger partial charge in [-0.05, 0) is 12.8 Å². The number of rotatable bonds is 4. The number of carbonyl (C=O) groups excluding carboxylic acids is 1. The van der Waals surface area contributed by atoms with Gasteiger partial charge in [-0.2, -0.15) is 10.4 Å². The van der Waals surface area contributed by atoms with Gasteiger partial charge in [0.2, 0.25) is 5.91 Å². The molecule has 112 valence electrons. The molecule has 0 radical (unpaired) electrons. The van der Waals surface area contributed by atoms with Gasteiger partial charge in [-0.15, -0.1) is 0 Å². The molecule has 2 saturated heterocycles. The van der Waals surface area contributed by atoms with Crippen LogP contribution in [0.1, 0.15) is 37.3 Å². The summed E-state index contributed by atoms with van der Waals surface area (Å²) in [7, 11) is 0. The van der Waals surface area contributed by atoms with Crippen molar-refractivity contribution in [3.05, 3.63) is 18.0 Å². The van der Waals surface area contributed by atoms with Crippen molar-refractivity contribution in [1.82, 2.24) is 19.6 Å². The van der Waals surface area contributed by atoms with Gasteiger partial charge >= 0.3 is 0 Å². The molecule has 1 amide bonds. The number of aromatic nitrogens is 2. The van der Waals surface area contributed by atoms with Crippen molar-refractivity contribution in [3.63, 3.8) is 0 Å². The fourth-order valence-corrected chi connectivity index (χ4v) is 3.03. The molecule has 0 unspecified atom stereocenters. The van der Waals surface area contributed by atoms with Crippen LogP contribution >= 0.6 is 0 Å². The van der Waals surface area contributed by atoms with Gasteiger partial charge in [-0.1, -0.05) is 6.42 Å². The molecule has 6 heteroatoms. The molecular weight excluding hydrogens is 266 g/mol. The SMILES string of the molecule is N#Cc1cnn(C2CN(CCN3CCCCCC3=O)C2)c1. The normalized spacial score (nSPS) is 20.9. The van der Waals surface area contributed by atoms with Crippen LogP contribution in [0.5, 0.6) is 0 Å². The van der Waals surface area contributed by atoms with E-state index in [1.807, 2.05) is 9.58 Å². The Kier molecular flexibility index (Phi) is 4.20. The van der Waals surface area contributed by atoms with Crippen molar-refractivity contribution < 1.29 is 4.79 Å². The van der Waals surface area contributed by atoms with Gasteiger partial charge in [0.25, 0.3) is 0 Å². The van der Waals surface area contributed by atoms with Gasteiger partial charge in [0, 0.05) is 45.3 Å². The van der Waals surface area contributed by atoms with E-state index < -0.39 is 0 Å². The summed E-state index contributed by atoms with van der Waals surface area (Å²) in [4.78, 5) is 16.3. The quantitative estimate of drug-likeness (QED) is 0.829. The van der Waals surface area contributed by atoms with E-state index in [4.69, 9.17) is 5.26 Å². The Hall–Kier alpha value is -1.87. The minimum absolute atomic E-state index is 0.315. The highest BCUT2D eigenvalue weighted by atomic mass is 16.2. The van der Waals surface area contributed by atoms with E-state index in [1.54, 1.807) is 12.4 Å². The average Bonchev–Trinajstić information content (AvgIpc) is 2.82. The van der Waals surface area contributed by atoms with Crippen molar-refractivity contribution in [2.24, 2.45) is 0 Å². The first-order chi connectivity index (χ1) is 10.3. The van der Waals surface area contributed by atoms with Crippen LogP contribution in [-0.4, -0.2) is 58.2 Å². The lowest BCUT2D eigenvalue weighted by Crippen LogP contribution is -2.50. The molecule has 0 atom stereocenters. The molecular formula is C15H21N5O. The van der Waals surface area contributed by atoms with Gasteiger partial charge in [-0.3, -0.25) is 14.4 Å². The Bertz CT molecular complexity index is 541. The van der Waals surface area contributed by atoms with Gasteiger partial charge in [0.15, 0.2) is 0 Å². The monoisotopic (exact) mass is 287 g/mol.